The first kappa shape index (κ1) is 9.66. The molecule has 1 N–H and O–H groups in total. The number of aryl methyl sites for hydroxylation is 1. The van der Waals surface area contributed by atoms with Gasteiger partial charge in [0.1, 0.15) is 6.17 Å². The fraction of sp³-hybridized carbons (Fsp3) is 0.500. The second kappa shape index (κ2) is 4.09. The largest absolute Gasteiger partial charge is 0.313 e. The first-order chi connectivity index (χ1) is 6.75. The first-order valence-corrected chi connectivity index (χ1v) is 5.16. The van der Waals surface area contributed by atoms with Crippen molar-refractivity contribution in [2.24, 2.45) is 5.92 Å². The van der Waals surface area contributed by atoms with E-state index in [1.165, 1.54) is 11.1 Å². The Balaban J connectivity index is 2.03. The molecule has 0 saturated carbocycles. The zero-order chi connectivity index (χ0) is 9.97. The fourth-order valence-corrected chi connectivity index (χ4v) is 2.04. The lowest BCUT2D eigenvalue weighted by atomic mass is 9.96. The quantitative estimate of drug-likeness (QED) is 0.758. The van der Waals surface area contributed by atoms with E-state index in [2.05, 4.69) is 30.4 Å². The van der Waals surface area contributed by atoms with E-state index in [1.54, 1.807) is 0 Å². The molecule has 2 unspecified atom stereocenters. The summed E-state index contributed by atoms with van der Waals surface area (Å²) >= 11 is 0. The molecule has 1 aromatic carbocycles. The molecule has 1 fully saturated rings. The Labute approximate surface area is 84.3 Å². The van der Waals surface area contributed by atoms with Crippen molar-refractivity contribution in [2.45, 2.75) is 19.5 Å². The average Bonchev–Trinajstić information content (AvgIpc) is 2.52. The normalized spacial score (nSPS) is 26.7. The van der Waals surface area contributed by atoms with E-state index in [0.717, 1.165) is 13.0 Å². The summed E-state index contributed by atoms with van der Waals surface area (Å²) in [5.41, 5.74) is 2.50. The molecular weight excluding hydrogens is 177 g/mol. The molecule has 76 valence electrons. The minimum Gasteiger partial charge on any atom is -0.313 e. The molecule has 1 nitrogen and oxygen atoms in total. The van der Waals surface area contributed by atoms with Gasteiger partial charge >= 0.3 is 0 Å². The van der Waals surface area contributed by atoms with Crippen molar-refractivity contribution in [1.82, 2.24) is 5.32 Å². The van der Waals surface area contributed by atoms with Gasteiger partial charge in [-0.05, 0) is 18.9 Å². The number of nitrogens with one attached hydrogen (secondary N) is 1. The molecule has 0 radical (unpaired) electrons. The number of alkyl halides is 1. The molecule has 1 aromatic rings. The summed E-state index contributed by atoms with van der Waals surface area (Å²) in [5, 5.41) is 3.08. The number of hydrogen-bond donors (Lipinski definition) is 1. The second-order valence-corrected chi connectivity index (χ2v) is 4.13. The average molecular weight is 193 g/mol. The van der Waals surface area contributed by atoms with Crippen LogP contribution in [0.25, 0.3) is 0 Å². The van der Waals surface area contributed by atoms with Gasteiger partial charge in [0, 0.05) is 19.0 Å². The maximum atomic E-state index is 13.3. The van der Waals surface area contributed by atoms with Gasteiger partial charge in [-0.2, -0.15) is 0 Å². The third kappa shape index (κ3) is 2.13. The summed E-state index contributed by atoms with van der Waals surface area (Å²) in [6, 6.07) is 8.34. The molecule has 2 rings (SSSR count). The molecule has 0 amide bonds. The topological polar surface area (TPSA) is 12.0 Å². The second-order valence-electron chi connectivity index (χ2n) is 4.13. The van der Waals surface area contributed by atoms with Crippen molar-refractivity contribution in [1.29, 1.82) is 0 Å². The van der Waals surface area contributed by atoms with Crippen molar-refractivity contribution in [2.75, 3.05) is 13.1 Å². The zero-order valence-electron chi connectivity index (χ0n) is 8.46. The Morgan fingerprint density at radius 3 is 2.93 bits per heavy atom. The molecule has 2 heteroatoms. The lowest BCUT2D eigenvalue weighted by molar-refractivity contribution is 0.282. The standard InChI is InChI=1S/C12H16FN/c1-9-3-2-4-10(5-9)6-11-7-14-8-12(11)13/h2-5,11-12,14H,6-8H2,1H3. The molecule has 1 aliphatic rings. The van der Waals surface area contributed by atoms with Crippen LogP contribution in [0.1, 0.15) is 11.1 Å². The number of hydrogen-bond acceptors (Lipinski definition) is 1. The van der Waals surface area contributed by atoms with E-state index in [0.29, 0.717) is 6.54 Å². The third-order valence-electron chi connectivity index (χ3n) is 2.84. The third-order valence-corrected chi connectivity index (χ3v) is 2.84. The molecule has 0 bridgehead atoms. The molecule has 1 saturated heterocycles. The zero-order valence-corrected chi connectivity index (χ0v) is 8.46. The van der Waals surface area contributed by atoms with Gasteiger partial charge in [0.25, 0.3) is 0 Å². The number of halogens is 1. The van der Waals surface area contributed by atoms with Crippen LogP contribution in [-0.4, -0.2) is 19.3 Å². The molecule has 0 spiro atoms. The van der Waals surface area contributed by atoms with E-state index < -0.39 is 6.17 Å². The summed E-state index contributed by atoms with van der Waals surface area (Å²) in [7, 11) is 0. The molecule has 0 aromatic heterocycles. The van der Waals surface area contributed by atoms with Gasteiger partial charge in [0.15, 0.2) is 0 Å². The molecule has 2 atom stereocenters. The molecule has 0 aliphatic carbocycles. The van der Waals surface area contributed by atoms with Gasteiger partial charge in [0.2, 0.25) is 0 Å². The summed E-state index contributed by atoms with van der Waals surface area (Å²) in [4.78, 5) is 0. The van der Waals surface area contributed by atoms with Crippen LogP contribution in [0.15, 0.2) is 24.3 Å². The van der Waals surface area contributed by atoms with E-state index in [9.17, 15) is 4.39 Å². The van der Waals surface area contributed by atoms with Gasteiger partial charge in [0.05, 0.1) is 0 Å². The minimum atomic E-state index is -0.671. The smallest absolute Gasteiger partial charge is 0.117 e. The van der Waals surface area contributed by atoms with E-state index >= 15 is 0 Å². The number of benzene rings is 1. The lowest BCUT2D eigenvalue weighted by Crippen LogP contribution is -2.15. The summed E-state index contributed by atoms with van der Waals surface area (Å²) in [6.07, 6.45) is 0.186. The highest BCUT2D eigenvalue weighted by atomic mass is 19.1. The molecule has 14 heavy (non-hydrogen) atoms. The Morgan fingerprint density at radius 2 is 2.29 bits per heavy atom. The monoisotopic (exact) mass is 193 g/mol. The highest BCUT2D eigenvalue weighted by Crippen LogP contribution is 2.18. The highest BCUT2D eigenvalue weighted by Gasteiger charge is 2.26. The van der Waals surface area contributed by atoms with Crippen molar-refractivity contribution >= 4 is 0 Å². The van der Waals surface area contributed by atoms with Crippen LogP contribution < -0.4 is 5.32 Å². The predicted octanol–water partition coefficient (Wildman–Crippen LogP) is 2.10. The Hall–Kier alpha value is -0.890. The summed E-state index contributed by atoms with van der Waals surface area (Å²) in [5.74, 6) is 0.164. The van der Waals surface area contributed by atoms with Crippen LogP contribution in [0.5, 0.6) is 0 Å². The Kier molecular flexibility index (Phi) is 2.82. The maximum Gasteiger partial charge on any atom is 0.117 e. The van der Waals surface area contributed by atoms with Crippen LogP contribution in [0.4, 0.5) is 4.39 Å². The van der Waals surface area contributed by atoms with Crippen molar-refractivity contribution in [3.63, 3.8) is 0 Å². The summed E-state index contributed by atoms with van der Waals surface area (Å²) < 4.78 is 13.3. The van der Waals surface area contributed by atoms with E-state index in [1.807, 2.05) is 6.07 Å². The van der Waals surface area contributed by atoms with E-state index in [4.69, 9.17) is 0 Å². The molecule has 1 heterocycles. The predicted molar refractivity (Wildman–Crippen MR) is 56.1 cm³/mol. The fourth-order valence-electron chi connectivity index (χ4n) is 2.04. The molecular formula is C12H16FN. The van der Waals surface area contributed by atoms with Gasteiger partial charge in [-0.25, -0.2) is 4.39 Å². The van der Waals surface area contributed by atoms with Gasteiger partial charge in [-0.15, -0.1) is 0 Å². The van der Waals surface area contributed by atoms with Crippen molar-refractivity contribution < 1.29 is 4.39 Å². The van der Waals surface area contributed by atoms with Crippen LogP contribution in [0.2, 0.25) is 0 Å². The van der Waals surface area contributed by atoms with Crippen LogP contribution in [0.3, 0.4) is 0 Å². The lowest BCUT2D eigenvalue weighted by Gasteiger charge is -2.11. The van der Waals surface area contributed by atoms with Crippen LogP contribution >= 0.6 is 0 Å². The van der Waals surface area contributed by atoms with Crippen molar-refractivity contribution in [3.05, 3.63) is 35.4 Å². The Morgan fingerprint density at radius 1 is 1.43 bits per heavy atom. The minimum absolute atomic E-state index is 0.164. The van der Waals surface area contributed by atoms with Crippen molar-refractivity contribution in [3.8, 4) is 0 Å². The first-order valence-electron chi connectivity index (χ1n) is 5.16. The van der Waals surface area contributed by atoms with Gasteiger partial charge in [-0.1, -0.05) is 29.8 Å². The highest BCUT2D eigenvalue weighted by molar-refractivity contribution is 5.23. The molecule has 1 aliphatic heterocycles. The number of rotatable bonds is 2. The van der Waals surface area contributed by atoms with Crippen LogP contribution in [0, 0.1) is 12.8 Å². The SMILES string of the molecule is Cc1cccc(CC2CNCC2F)c1. The van der Waals surface area contributed by atoms with Gasteiger partial charge in [-0.3, -0.25) is 0 Å². The summed E-state index contributed by atoms with van der Waals surface area (Å²) in [6.45, 7) is 3.41. The van der Waals surface area contributed by atoms with E-state index in [-0.39, 0.29) is 5.92 Å². The van der Waals surface area contributed by atoms with Gasteiger partial charge < -0.3 is 5.32 Å². The maximum absolute atomic E-state index is 13.3. The van der Waals surface area contributed by atoms with Crippen LogP contribution in [-0.2, 0) is 6.42 Å². The Bertz CT molecular complexity index is 311.